The van der Waals surface area contributed by atoms with Gasteiger partial charge in [0.15, 0.2) is 0 Å². The van der Waals surface area contributed by atoms with Gasteiger partial charge >= 0.3 is 0 Å². The zero-order valence-corrected chi connectivity index (χ0v) is 18.3. The first-order valence-corrected chi connectivity index (χ1v) is 11.6. The van der Waals surface area contributed by atoms with E-state index in [9.17, 15) is 0 Å². The van der Waals surface area contributed by atoms with E-state index in [1.54, 1.807) is 0 Å². The number of anilines is 3. The second kappa shape index (κ2) is 7.21. The minimum absolute atomic E-state index is 0.972. The van der Waals surface area contributed by atoms with Crippen LogP contribution in [-0.4, -0.2) is 0 Å². The van der Waals surface area contributed by atoms with E-state index in [2.05, 4.69) is 120 Å². The van der Waals surface area contributed by atoms with E-state index in [1.165, 1.54) is 61.6 Å². The fourth-order valence-electron chi connectivity index (χ4n) is 5.68. The minimum atomic E-state index is 0.972. The number of hydrogen-bond donors (Lipinski definition) is 0. The lowest BCUT2D eigenvalue weighted by atomic mass is 10.0. The predicted molar refractivity (Wildman–Crippen MR) is 138 cm³/mol. The van der Waals surface area contributed by atoms with Gasteiger partial charge in [0.1, 0.15) is 0 Å². The van der Waals surface area contributed by atoms with Crippen LogP contribution in [0.3, 0.4) is 0 Å². The van der Waals surface area contributed by atoms with Crippen LogP contribution in [0.5, 0.6) is 0 Å². The molecule has 0 atom stereocenters. The van der Waals surface area contributed by atoms with E-state index < -0.39 is 0 Å². The molecule has 0 aromatic heterocycles. The Labute approximate surface area is 194 Å². The van der Waals surface area contributed by atoms with Crippen molar-refractivity contribution in [3.05, 3.63) is 138 Å². The highest BCUT2D eigenvalue weighted by molar-refractivity contribution is 5.91. The fraction of sp³-hybridized carbons (Fsp3) is 0.0625. The van der Waals surface area contributed by atoms with Crippen LogP contribution < -0.4 is 4.90 Å². The van der Waals surface area contributed by atoms with Crippen LogP contribution in [0.25, 0.3) is 22.3 Å². The molecule has 0 N–H and O–H groups in total. The maximum Gasteiger partial charge on any atom is 0.0503 e. The zero-order chi connectivity index (χ0) is 21.8. The van der Waals surface area contributed by atoms with Gasteiger partial charge in [-0.15, -0.1) is 0 Å². The monoisotopic (exact) mass is 421 g/mol. The van der Waals surface area contributed by atoms with Gasteiger partial charge in [0, 0.05) is 18.5 Å². The maximum absolute atomic E-state index is 2.48. The van der Waals surface area contributed by atoms with Gasteiger partial charge in [0.05, 0.1) is 11.4 Å². The summed E-state index contributed by atoms with van der Waals surface area (Å²) >= 11 is 0. The van der Waals surface area contributed by atoms with Crippen LogP contribution in [0.4, 0.5) is 17.1 Å². The van der Waals surface area contributed by atoms with Gasteiger partial charge in [-0.2, -0.15) is 0 Å². The summed E-state index contributed by atoms with van der Waals surface area (Å²) in [5, 5.41) is 0. The molecule has 5 aromatic carbocycles. The molecule has 0 radical (unpaired) electrons. The van der Waals surface area contributed by atoms with E-state index in [-0.39, 0.29) is 0 Å². The Kier molecular flexibility index (Phi) is 4.04. The number of rotatable bonds is 3. The van der Waals surface area contributed by atoms with Crippen molar-refractivity contribution in [3.63, 3.8) is 0 Å². The van der Waals surface area contributed by atoms with Gasteiger partial charge in [-0.1, -0.05) is 91.0 Å². The molecule has 2 aliphatic carbocycles. The van der Waals surface area contributed by atoms with E-state index in [0.29, 0.717) is 0 Å². The third-order valence-electron chi connectivity index (χ3n) is 7.15. The Morgan fingerprint density at radius 2 is 0.848 bits per heavy atom. The Hall–Kier alpha value is -4.10. The number of hydrogen-bond acceptors (Lipinski definition) is 1. The first-order chi connectivity index (χ1) is 16.4. The van der Waals surface area contributed by atoms with E-state index >= 15 is 0 Å². The molecule has 5 aromatic rings. The highest BCUT2D eigenvalue weighted by atomic mass is 15.1. The van der Waals surface area contributed by atoms with Gasteiger partial charge in [0.2, 0.25) is 0 Å². The first-order valence-electron chi connectivity index (χ1n) is 11.6. The lowest BCUT2D eigenvalue weighted by molar-refractivity contribution is 1.17. The van der Waals surface area contributed by atoms with Crippen LogP contribution in [-0.2, 0) is 12.8 Å². The molecule has 0 saturated carbocycles. The molecular formula is C32H23N. The summed E-state index contributed by atoms with van der Waals surface area (Å²) < 4.78 is 0. The quantitative estimate of drug-likeness (QED) is 0.277. The number of benzene rings is 5. The number of para-hydroxylation sites is 1. The van der Waals surface area contributed by atoms with Crippen molar-refractivity contribution in [1.82, 2.24) is 0 Å². The standard InChI is InChI=1S/C32H23N/c1-2-12-24(13-3-1)33(31-18-8-16-27-25-14-6-4-10-22(25)20-29(27)31)32-19-9-17-28-26-15-7-5-11-23(26)21-30(28)32/h1-19H,20-21H2. The molecule has 0 saturated heterocycles. The average molecular weight is 422 g/mol. The molecular weight excluding hydrogens is 398 g/mol. The SMILES string of the molecule is c1ccc(N(c2cccc3c2Cc2ccccc2-3)c2cccc3c2Cc2ccccc2-3)cc1. The van der Waals surface area contributed by atoms with Crippen LogP contribution >= 0.6 is 0 Å². The second-order valence-electron chi connectivity index (χ2n) is 8.95. The minimum Gasteiger partial charge on any atom is -0.310 e. The largest absolute Gasteiger partial charge is 0.310 e. The van der Waals surface area contributed by atoms with Gasteiger partial charge < -0.3 is 4.90 Å². The first kappa shape index (κ1) is 18.5. The molecule has 0 fully saturated rings. The van der Waals surface area contributed by atoms with Crippen LogP contribution in [0.1, 0.15) is 22.3 Å². The summed E-state index contributed by atoms with van der Waals surface area (Å²) in [4.78, 5) is 2.48. The molecule has 2 aliphatic rings. The molecule has 156 valence electrons. The Morgan fingerprint density at radius 3 is 1.39 bits per heavy atom. The van der Waals surface area contributed by atoms with Gasteiger partial charge in [-0.05, 0) is 68.8 Å². The number of fused-ring (bicyclic) bond motifs is 6. The van der Waals surface area contributed by atoms with Crippen LogP contribution in [0.2, 0.25) is 0 Å². The van der Waals surface area contributed by atoms with E-state index in [0.717, 1.165) is 12.8 Å². The fourth-order valence-corrected chi connectivity index (χ4v) is 5.68. The Balaban J connectivity index is 1.47. The zero-order valence-electron chi connectivity index (χ0n) is 18.3. The van der Waals surface area contributed by atoms with Crippen molar-refractivity contribution in [3.8, 4) is 22.3 Å². The summed E-state index contributed by atoms with van der Waals surface area (Å²) in [6.07, 6.45) is 1.94. The summed E-state index contributed by atoms with van der Waals surface area (Å²) in [5.74, 6) is 0. The van der Waals surface area contributed by atoms with Crippen molar-refractivity contribution in [2.45, 2.75) is 12.8 Å². The predicted octanol–water partition coefficient (Wildman–Crippen LogP) is 8.30. The van der Waals surface area contributed by atoms with Crippen molar-refractivity contribution >= 4 is 17.1 Å². The summed E-state index contributed by atoms with van der Waals surface area (Å²) in [5.41, 5.74) is 14.9. The van der Waals surface area contributed by atoms with Crippen molar-refractivity contribution in [2.75, 3.05) is 4.90 Å². The van der Waals surface area contributed by atoms with Crippen molar-refractivity contribution < 1.29 is 0 Å². The third kappa shape index (κ3) is 2.79. The third-order valence-corrected chi connectivity index (χ3v) is 7.15. The highest BCUT2D eigenvalue weighted by Crippen LogP contribution is 2.49. The van der Waals surface area contributed by atoms with Gasteiger partial charge in [0.25, 0.3) is 0 Å². The summed E-state index contributed by atoms with van der Waals surface area (Å²) in [7, 11) is 0. The molecule has 0 heterocycles. The molecule has 0 aliphatic heterocycles. The Morgan fingerprint density at radius 1 is 0.394 bits per heavy atom. The van der Waals surface area contributed by atoms with Crippen LogP contribution in [0.15, 0.2) is 115 Å². The summed E-state index contributed by atoms with van der Waals surface area (Å²) in [6.45, 7) is 0. The normalized spacial score (nSPS) is 12.6. The lowest BCUT2D eigenvalue weighted by Crippen LogP contribution is -2.14. The van der Waals surface area contributed by atoms with Crippen LogP contribution in [0, 0.1) is 0 Å². The molecule has 1 heteroatoms. The molecule has 7 rings (SSSR count). The molecule has 0 bridgehead atoms. The number of nitrogens with zero attached hydrogens (tertiary/aromatic N) is 1. The summed E-state index contributed by atoms with van der Waals surface area (Å²) in [6, 6.07) is 42.0. The van der Waals surface area contributed by atoms with Crippen molar-refractivity contribution in [1.29, 1.82) is 0 Å². The maximum atomic E-state index is 2.48. The smallest absolute Gasteiger partial charge is 0.0503 e. The lowest BCUT2D eigenvalue weighted by Gasteiger charge is -2.29. The molecule has 0 spiro atoms. The van der Waals surface area contributed by atoms with Crippen molar-refractivity contribution in [2.24, 2.45) is 0 Å². The molecule has 33 heavy (non-hydrogen) atoms. The molecule has 0 amide bonds. The second-order valence-corrected chi connectivity index (χ2v) is 8.95. The van der Waals surface area contributed by atoms with E-state index in [1.807, 2.05) is 0 Å². The van der Waals surface area contributed by atoms with E-state index in [4.69, 9.17) is 0 Å². The highest BCUT2D eigenvalue weighted by Gasteiger charge is 2.28. The topological polar surface area (TPSA) is 3.24 Å². The molecule has 0 unspecified atom stereocenters. The van der Waals surface area contributed by atoms with Gasteiger partial charge in [-0.3, -0.25) is 0 Å². The Bertz CT molecular complexity index is 1420. The average Bonchev–Trinajstić information content (AvgIpc) is 3.44. The van der Waals surface area contributed by atoms with Gasteiger partial charge in [-0.25, -0.2) is 0 Å². The molecule has 1 nitrogen and oxygen atoms in total.